The van der Waals surface area contributed by atoms with Crippen molar-refractivity contribution in [3.63, 3.8) is 0 Å². The Bertz CT molecular complexity index is 532. The summed E-state index contributed by atoms with van der Waals surface area (Å²) < 4.78 is 1.10. The molecule has 0 spiro atoms. The Kier molecular flexibility index (Phi) is 4.25. The highest BCUT2D eigenvalue weighted by molar-refractivity contribution is 9.11. The van der Waals surface area contributed by atoms with Gasteiger partial charge in [0.1, 0.15) is 5.02 Å². The monoisotopic (exact) mass is 351 g/mol. The van der Waals surface area contributed by atoms with E-state index in [0.29, 0.717) is 10.8 Å². The van der Waals surface area contributed by atoms with Crippen LogP contribution in [0, 0.1) is 0 Å². The lowest BCUT2D eigenvalue weighted by Gasteiger charge is -2.18. The minimum absolute atomic E-state index is 0.197. The van der Waals surface area contributed by atoms with Crippen LogP contribution in [0.1, 0.15) is 5.56 Å². The van der Waals surface area contributed by atoms with Gasteiger partial charge in [0.05, 0.1) is 9.98 Å². The molecule has 0 bridgehead atoms. The molecular weight excluding hydrogens is 345 g/mol. The van der Waals surface area contributed by atoms with Gasteiger partial charge < -0.3 is 4.90 Å². The molecule has 3 nitrogen and oxygen atoms in total. The largest absolute Gasteiger partial charge is 0.354 e. The molecule has 2 aromatic rings. The lowest BCUT2D eigenvalue weighted by atomic mass is 10.3. The second-order valence-electron chi connectivity index (χ2n) is 3.43. The van der Waals surface area contributed by atoms with Gasteiger partial charge in [0, 0.05) is 13.6 Å². The van der Waals surface area contributed by atoms with Crippen LogP contribution >= 0.6 is 50.5 Å². The van der Waals surface area contributed by atoms with Crippen molar-refractivity contribution in [1.29, 1.82) is 0 Å². The minimum Gasteiger partial charge on any atom is -0.354 e. The summed E-state index contributed by atoms with van der Waals surface area (Å²) in [5.41, 5.74) is 1.19. The van der Waals surface area contributed by atoms with Crippen molar-refractivity contribution in [3.8, 4) is 0 Å². The summed E-state index contributed by atoms with van der Waals surface area (Å²) in [4.78, 5) is 9.87. The maximum Gasteiger partial charge on any atom is 0.224 e. The van der Waals surface area contributed by atoms with Crippen LogP contribution < -0.4 is 4.90 Å². The standard InChI is InChI=1S/C10H8BrCl2N3S/c1-16(4-6-2-8(11)17-5-6)9-7(12)3-14-10(13)15-9/h2-3,5H,4H2,1H3. The maximum atomic E-state index is 6.03. The first-order valence-electron chi connectivity index (χ1n) is 4.68. The SMILES string of the molecule is CN(Cc1csc(Br)c1)c1nc(Cl)ncc1Cl. The highest BCUT2D eigenvalue weighted by atomic mass is 79.9. The maximum absolute atomic E-state index is 6.03. The van der Waals surface area contributed by atoms with Crippen molar-refractivity contribution in [1.82, 2.24) is 9.97 Å². The molecule has 0 atom stereocenters. The smallest absolute Gasteiger partial charge is 0.224 e. The molecule has 17 heavy (non-hydrogen) atoms. The van der Waals surface area contributed by atoms with Gasteiger partial charge in [-0.15, -0.1) is 11.3 Å². The van der Waals surface area contributed by atoms with Gasteiger partial charge in [0.2, 0.25) is 5.28 Å². The van der Waals surface area contributed by atoms with Crippen LogP contribution in [-0.4, -0.2) is 17.0 Å². The third-order valence-corrected chi connectivity index (χ3v) is 4.10. The van der Waals surface area contributed by atoms with Gasteiger partial charge in [-0.25, -0.2) is 4.98 Å². The lowest BCUT2D eigenvalue weighted by molar-refractivity contribution is 0.894. The Morgan fingerprint density at radius 2 is 2.24 bits per heavy atom. The molecule has 0 aliphatic heterocycles. The van der Waals surface area contributed by atoms with E-state index in [-0.39, 0.29) is 5.28 Å². The zero-order chi connectivity index (χ0) is 12.4. The molecule has 2 rings (SSSR count). The van der Waals surface area contributed by atoms with Crippen LogP contribution in [-0.2, 0) is 6.54 Å². The second-order valence-corrected chi connectivity index (χ2v) is 6.46. The Hall–Kier alpha value is -0.360. The van der Waals surface area contributed by atoms with E-state index in [4.69, 9.17) is 23.2 Å². The Balaban J connectivity index is 2.19. The lowest BCUT2D eigenvalue weighted by Crippen LogP contribution is -2.18. The Morgan fingerprint density at radius 1 is 1.47 bits per heavy atom. The topological polar surface area (TPSA) is 29.0 Å². The number of halogens is 3. The molecule has 0 saturated heterocycles. The molecule has 0 aromatic carbocycles. The number of aromatic nitrogens is 2. The predicted molar refractivity (Wildman–Crippen MR) is 76.2 cm³/mol. The third-order valence-electron chi connectivity index (χ3n) is 2.10. The molecule has 0 N–H and O–H groups in total. The molecule has 7 heteroatoms. The zero-order valence-electron chi connectivity index (χ0n) is 8.82. The minimum atomic E-state index is 0.197. The van der Waals surface area contributed by atoms with E-state index in [9.17, 15) is 0 Å². The number of rotatable bonds is 3. The summed E-state index contributed by atoms with van der Waals surface area (Å²) in [6.45, 7) is 0.717. The molecule has 0 aliphatic rings. The third kappa shape index (κ3) is 3.31. The van der Waals surface area contributed by atoms with E-state index in [2.05, 4.69) is 37.3 Å². The second kappa shape index (κ2) is 5.52. The fourth-order valence-corrected chi connectivity index (χ4v) is 2.95. The first-order chi connectivity index (χ1) is 8.06. The summed E-state index contributed by atoms with van der Waals surface area (Å²) in [6, 6.07) is 2.07. The normalized spacial score (nSPS) is 10.6. The molecular formula is C10H8BrCl2N3S. The van der Waals surface area contributed by atoms with Crippen LogP contribution in [0.2, 0.25) is 10.3 Å². The van der Waals surface area contributed by atoms with E-state index < -0.39 is 0 Å². The highest BCUT2D eigenvalue weighted by Crippen LogP contribution is 2.26. The molecule has 2 heterocycles. The van der Waals surface area contributed by atoms with Gasteiger partial charge in [0.25, 0.3) is 0 Å². The molecule has 2 aromatic heterocycles. The summed E-state index contributed by atoms with van der Waals surface area (Å²) in [5.74, 6) is 0.633. The first kappa shape index (κ1) is 13.1. The average Bonchev–Trinajstić information content (AvgIpc) is 2.67. The van der Waals surface area contributed by atoms with E-state index >= 15 is 0 Å². The number of nitrogens with zero attached hydrogens (tertiary/aromatic N) is 3. The van der Waals surface area contributed by atoms with E-state index in [0.717, 1.165) is 10.3 Å². The van der Waals surface area contributed by atoms with Crippen LogP contribution in [0.4, 0.5) is 5.82 Å². The van der Waals surface area contributed by atoms with E-state index in [1.54, 1.807) is 11.3 Å². The van der Waals surface area contributed by atoms with Gasteiger partial charge in [-0.3, -0.25) is 0 Å². The van der Waals surface area contributed by atoms with Gasteiger partial charge in [-0.05, 0) is 44.5 Å². The number of anilines is 1. The van der Waals surface area contributed by atoms with Crippen molar-refractivity contribution in [2.75, 3.05) is 11.9 Å². The van der Waals surface area contributed by atoms with Crippen LogP contribution in [0.25, 0.3) is 0 Å². The van der Waals surface area contributed by atoms with Gasteiger partial charge in [-0.2, -0.15) is 4.98 Å². The van der Waals surface area contributed by atoms with Crippen molar-refractivity contribution in [2.24, 2.45) is 0 Å². The Morgan fingerprint density at radius 3 is 2.88 bits per heavy atom. The van der Waals surface area contributed by atoms with Crippen molar-refractivity contribution < 1.29 is 0 Å². The predicted octanol–water partition coefficient (Wildman–Crippen LogP) is 4.24. The fraction of sp³-hybridized carbons (Fsp3) is 0.200. The summed E-state index contributed by atoms with van der Waals surface area (Å²) in [7, 11) is 1.91. The van der Waals surface area contributed by atoms with E-state index in [1.165, 1.54) is 11.8 Å². The van der Waals surface area contributed by atoms with Crippen molar-refractivity contribution in [2.45, 2.75) is 6.54 Å². The van der Waals surface area contributed by atoms with Crippen LogP contribution in [0.5, 0.6) is 0 Å². The number of hydrogen-bond acceptors (Lipinski definition) is 4. The zero-order valence-corrected chi connectivity index (χ0v) is 12.7. The Labute approximate surface area is 122 Å². The van der Waals surface area contributed by atoms with Gasteiger partial charge >= 0.3 is 0 Å². The molecule has 0 radical (unpaired) electrons. The molecule has 0 amide bonds. The van der Waals surface area contributed by atoms with Crippen molar-refractivity contribution >= 4 is 56.3 Å². The van der Waals surface area contributed by atoms with Crippen molar-refractivity contribution in [3.05, 3.63) is 37.3 Å². The van der Waals surface area contributed by atoms with Gasteiger partial charge in [0.15, 0.2) is 5.82 Å². The molecule has 0 fully saturated rings. The molecule has 0 unspecified atom stereocenters. The van der Waals surface area contributed by atoms with Crippen LogP contribution in [0.15, 0.2) is 21.4 Å². The first-order valence-corrected chi connectivity index (χ1v) is 7.11. The highest BCUT2D eigenvalue weighted by Gasteiger charge is 2.10. The molecule has 90 valence electrons. The van der Waals surface area contributed by atoms with Gasteiger partial charge in [-0.1, -0.05) is 11.6 Å². The summed E-state index contributed by atoms with van der Waals surface area (Å²) >= 11 is 16.9. The number of hydrogen-bond donors (Lipinski definition) is 0. The fourth-order valence-electron chi connectivity index (χ4n) is 1.38. The number of thiophene rings is 1. The van der Waals surface area contributed by atoms with E-state index in [1.807, 2.05) is 11.9 Å². The van der Waals surface area contributed by atoms with Crippen LogP contribution in [0.3, 0.4) is 0 Å². The quantitative estimate of drug-likeness (QED) is 0.773. The average molecular weight is 353 g/mol. The molecule has 0 aliphatic carbocycles. The molecule has 0 saturated carbocycles. The summed E-state index contributed by atoms with van der Waals surface area (Å²) in [6.07, 6.45) is 1.51. The summed E-state index contributed by atoms with van der Waals surface area (Å²) in [5, 5.41) is 2.77.